The molecule has 2 aliphatic rings. The minimum absolute atomic E-state index is 0.244. The van der Waals surface area contributed by atoms with Gasteiger partial charge in [-0.3, -0.25) is 4.79 Å². The van der Waals surface area contributed by atoms with Crippen molar-refractivity contribution in [3.8, 4) is 0 Å². The van der Waals surface area contributed by atoms with Crippen molar-refractivity contribution in [1.29, 1.82) is 0 Å². The smallest absolute Gasteiger partial charge is 0.220 e. The first-order chi connectivity index (χ1) is 28.6. The van der Waals surface area contributed by atoms with Gasteiger partial charge in [-0.05, 0) is 44.9 Å². The normalized spacial score (nSPS) is 28.8. The summed E-state index contributed by atoms with van der Waals surface area (Å²) in [7, 11) is 0. The lowest BCUT2D eigenvalue weighted by Gasteiger charge is -2.46. The molecule has 12 unspecified atom stereocenters. The number of rotatable bonds is 33. The van der Waals surface area contributed by atoms with Crippen LogP contribution in [0.5, 0.6) is 0 Å². The summed E-state index contributed by atoms with van der Waals surface area (Å²) in [5.41, 5.74) is 0. The second-order valence-corrected chi connectivity index (χ2v) is 16.2. The van der Waals surface area contributed by atoms with Gasteiger partial charge in [-0.1, -0.05) is 134 Å². The van der Waals surface area contributed by atoms with E-state index in [0.29, 0.717) is 12.8 Å². The largest absolute Gasteiger partial charge is 0.394 e. The highest BCUT2D eigenvalue weighted by Gasteiger charge is 2.50. The number of ether oxygens (including phenoxy) is 4. The van der Waals surface area contributed by atoms with Crippen molar-refractivity contribution in [3.05, 3.63) is 36.5 Å². The number of unbranched alkanes of at least 4 members (excludes halogenated alkanes) is 16. The first kappa shape index (κ1) is 53.3. The SMILES string of the molecule is CCCCCCCCCCCCCCC/C=C/CC/C=C/CC/C=C/C(O)C(COC1OC(CO)C(OC2OC(CO)C(O)C(O)C2O)C(O)C1O)NC(=O)CCCC. The number of carbonyl (C=O) groups excluding carboxylic acids is 1. The Hall–Kier alpha value is -1.79. The van der Waals surface area contributed by atoms with Crippen molar-refractivity contribution in [2.24, 2.45) is 0 Å². The third-order valence-electron chi connectivity index (χ3n) is 11.1. The summed E-state index contributed by atoms with van der Waals surface area (Å²) in [4.78, 5) is 12.6. The molecule has 0 aliphatic carbocycles. The molecule has 2 aliphatic heterocycles. The van der Waals surface area contributed by atoms with E-state index in [0.717, 1.165) is 32.1 Å². The van der Waals surface area contributed by atoms with Gasteiger partial charge >= 0.3 is 0 Å². The molecule has 9 N–H and O–H groups in total. The van der Waals surface area contributed by atoms with Gasteiger partial charge in [0, 0.05) is 6.42 Å². The van der Waals surface area contributed by atoms with Crippen LogP contribution in [0, 0.1) is 0 Å². The zero-order valence-electron chi connectivity index (χ0n) is 36.0. The van der Waals surface area contributed by atoms with Gasteiger partial charge in [0.25, 0.3) is 0 Å². The molecule has 2 fully saturated rings. The lowest BCUT2D eigenvalue weighted by atomic mass is 9.97. The van der Waals surface area contributed by atoms with Crippen molar-refractivity contribution in [2.75, 3.05) is 19.8 Å². The molecule has 2 saturated heterocycles. The Morgan fingerprint density at radius 1 is 0.593 bits per heavy atom. The Morgan fingerprint density at radius 2 is 1.08 bits per heavy atom. The zero-order valence-corrected chi connectivity index (χ0v) is 36.0. The van der Waals surface area contributed by atoms with Gasteiger partial charge in [0.15, 0.2) is 12.6 Å². The Balaban J connectivity index is 1.73. The zero-order chi connectivity index (χ0) is 43.3. The molecule has 0 aromatic heterocycles. The lowest BCUT2D eigenvalue weighted by Crippen LogP contribution is -2.65. The van der Waals surface area contributed by atoms with Crippen molar-refractivity contribution >= 4 is 5.91 Å². The van der Waals surface area contributed by atoms with Crippen molar-refractivity contribution in [2.45, 2.75) is 222 Å². The van der Waals surface area contributed by atoms with Crippen LogP contribution in [-0.4, -0.2) is 140 Å². The average molecular weight is 844 g/mol. The molecule has 0 aromatic carbocycles. The maximum atomic E-state index is 12.6. The summed E-state index contributed by atoms with van der Waals surface area (Å²) in [6, 6.07) is -0.929. The van der Waals surface area contributed by atoms with E-state index < -0.39 is 86.8 Å². The average Bonchev–Trinajstić information content (AvgIpc) is 3.23. The molecule has 1 amide bonds. The third kappa shape index (κ3) is 21.2. The molecule has 0 aromatic rings. The molecule has 2 heterocycles. The number of amides is 1. The molecule has 0 bridgehead atoms. The third-order valence-corrected chi connectivity index (χ3v) is 11.1. The lowest BCUT2D eigenvalue weighted by molar-refractivity contribution is -0.359. The highest BCUT2D eigenvalue weighted by Crippen LogP contribution is 2.30. The molecule has 59 heavy (non-hydrogen) atoms. The first-order valence-electron chi connectivity index (χ1n) is 22.7. The predicted octanol–water partition coefficient (Wildman–Crippen LogP) is 4.37. The highest BCUT2D eigenvalue weighted by molar-refractivity contribution is 5.76. The maximum Gasteiger partial charge on any atom is 0.220 e. The maximum absolute atomic E-state index is 12.6. The fourth-order valence-electron chi connectivity index (χ4n) is 7.24. The van der Waals surface area contributed by atoms with E-state index in [1.54, 1.807) is 6.08 Å². The van der Waals surface area contributed by atoms with Crippen LogP contribution in [-0.2, 0) is 23.7 Å². The molecule has 0 radical (unpaired) electrons. The standard InChI is InChI=1S/C45H81NO13/c1-3-5-7-8-9-10-11-12-13-14-15-16-17-18-19-20-21-22-23-24-25-26-27-28-34(49)33(46-37(50)29-6-4-2)32-56-44-42(55)40(53)43(36(31-48)58-44)59-45-41(54)39(52)38(51)35(30-47)57-45/h19-20,23-24,27-28,33-36,38-45,47-49,51-55H,3-18,21-22,25-26,29-32H2,1-2H3,(H,46,50)/b20-19+,24-23+,28-27+. The van der Waals surface area contributed by atoms with E-state index >= 15 is 0 Å². The molecule has 12 atom stereocenters. The van der Waals surface area contributed by atoms with Gasteiger partial charge in [-0.2, -0.15) is 0 Å². The Kier molecular flexibility index (Phi) is 29.7. The van der Waals surface area contributed by atoms with Crippen LogP contribution < -0.4 is 5.32 Å². The quantitative estimate of drug-likeness (QED) is 0.0331. The van der Waals surface area contributed by atoms with Crippen LogP contribution in [0.1, 0.15) is 149 Å². The van der Waals surface area contributed by atoms with E-state index in [9.17, 15) is 45.6 Å². The van der Waals surface area contributed by atoms with E-state index in [4.69, 9.17) is 18.9 Å². The second-order valence-electron chi connectivity index (χ2n) is 16.2. The minimum Gasteiger partial charge on any atom is -0.394 e. The summed E-state index contributed by atoms with van der Waals surface area (Å²) in [5, 5.41) is 85.7. The van der Waals surface area contributed by atoms with E-state index in [-0.39, 0.29) is 18.9 Å². The van der Waals surface area contributed by atoms with Gasteiger partial charge in [0.2, 0.25) is 5.91 Å². The van der Waals surface area contributed by atoms with Crippen LogP contribution in [0.3, 0.4) is 0 Å². The van der Waals surface area contributed by atoms with Crippen LogP contribution in [0.2, 0.25) is 0 Å². The van der Waals surface area contributed by atoms with E-state index in [2.05, 4.69) is 36.5 Å². The van der Waals surface area contributed by atoms with E-state index in [1.165, 1.54) is 83.5 Å². The second kappa shape index (κ2) is 32.9. The number of nitrogens with one attached hydrogen (secondary N) is 1. The molecule has 2 rings (SSSR count). The van der Waals surface area contributed by atoms with Crippen LogP contribution in [0.15, 0.2) is 36.5 Å². The van der Waals surface area contributed by atoms with Gasteiger partial charge in [0.05, 0.1) is 32.0 Å². The first-order valence-corrected chi connectivity index (χ1v) is 22.7. The number of hydrogen-bond donors (Lipinski definition) is 9. The summed E-state index contributed by atoms with van der Waals surface area (Å²) >= 11 is 0. The fraction of sp³-hybridized carbons (Fsp3) is 0.844. The van der Waals surface area contributed by atoms with Gasteiger partial charge in [0.1, 0.15) is 48.8 Å². The van der Waals surface area contributed by atoms with Crippen molar-refractivity contribution in [1.82, 2.24) is 5.32 Å². The summed E-state index contributed by atoms with van der Waals surface area (Å²) < 4.78 is 22.4. The summed E-state index contributed by atoms with van der Waals surface area (Å²) in [5.74, 6) is -0.291. The number of allylic oxidation sites excluding steroid dienone is 5. The number of hydrogen-bond acceptors (Lipinski definition) is 13. The fourth-order valence-corrected chi connectivity index (χ4v) is 7.24. The van der Waals surface area contributed by atoms with Crippen LogP contribution in [0.25, 0.3) is 0 Å². The molecular weight excluding hydrogens is 762 g/mol. The topological polar surface area (TPSA) is 228 Å². The Labute approximate surface area is 353 Å². The summed E-state index contributed by atoms with van der Waals surface area (Å²) in [6.45, 7) is 2.47. The molecule has 0 spiro atoms. The monoisotopic (exact) mass is 844 g/mol. The van der Waals surface area contributed by atoms with Gasteiger partial charge < -0.3 is 65.1 Å². The molecule has 14 nitrogen and oxygen atoms in total. The summed E-state index contributed by atoms with van der Waals surface area (Å²) in [6.07, 6.45) is 19.2. The highest BCUT2D eigenvalue weighted by atomic mass is 16.7. The van der Waals surface area contributed by atoms with Crippen molar-refractivity contribution < 1.29 is 64.6 Å². The van der Waals surface area contributed by atoms with Crippen LogP contribution >= 0.6 is 0 Å². The Bertz CT molecular complexity index is 1140. The number of aliphatic hydroxyl groups is 8. The minimum atomic E-state index is -1.79. The van der Waals surface area contributed by atoms with Gasteiger partial charge in [-0.15, -0.1) is 0 Å². The molecular formula is C45H81NO13. The number of aliphatic hydroxyl groups excluding tert-OH is 8. The van der Waals surface area contributed by atoms with Crippen molar-refractivity contribution in [3.63, 3.8) is 0 Å². The van der Waals surface area contributed by atoms with Crippen LogP contribution in [0.4, 0.5) is 0 Å². The Morgan fingerprint density at radius 3 is 1.64 bits per heavy atom. The number of carbonyl (C=O) groups is 1. The van der Waals surface area contributed by atoms with Gasteiger partial charge in [-0.25, -0.2) is 0 Å². The molecule has 14 heteroatoms. The molecule has 0 saturated carbocycles. The molecule has 344 valence electrons. The van der Waals surface area contributed by atoms with E-state index in [1.807, 2.05) is 13.0 Å². The predicted molar refractivity (Wildman–Crippen MR) is 226 cm³/mol.